The maximum absolute atomic E-state index is 12.3. The largest absolute Gasteiger partial charge is 0.444 e. The van der Waals surface area contributed by atoms with Crippen LogP contribution in [0.25, 0.3) is 0 Å². The van der Waals surface area contributed by atoms with E-state index in [-0.39, 0.29) is 11.7 Å². The van der Waals surface area contributed by atoms with Gasteiger partial charge in [0.15, 0.2) is 16.3 Å². The average Bonchev–Trinajstić information content (AvgIpc) is 2.92. The van der Waals surface area contributed by atoms with Gasteiger partial charge in [0.2, 0.25) is 0 Å². The van der Waals surface area contributed by atoms with Crippen LogP contribution in [0.4, 0.5) is 0 Å². The number of nitrogens with two attached hydrogens (primary N) is 1. The third kappa shape index (κ3) is 3.21. The second-order valence-electron chi connectivity index (χ2n) is 5.43. The fourth-order valence-corrected chi connectivity index (χ4v) is 2.64. The van der Waals surface area contributed by atoms with Gasteiger partial charge in [-0.3, -0.25) is 9.69 Å². The molecule has 1 aromatic rings. The first-order valence-electron chi connectivity index (χ1n) is 6.64. The van der Waals surface area contributed by atoms with E-state index in [1.807, 2.05) is 13.8 Å². The molecule has 116 valence electrons. The molecule has 8 heteroatoms. The highest BCUT2D eigenvalue weighted by Gasteiger charge is 2.35. The lowest BCUT2D eigenvalue weighted by molar-refractivity contribution is 0.0504. The number of amides is 1. The van der Waals surface area contributed by atoms with E-state index in [4.69, 9.17) is 15.4 Å². The molecular weight excluding hydrogens is 340 g/mol. The predicted octanol–water partition coefficient (Wildman–Crippen LogP) is 1.32. The molecular formula is C13H19BrN4O3. The molecule has 1 aliphatic rings. The molecule has 1 aromatic heterocycles. The molecule has 2 heterocycles. The topological polar surface area (TPSA) is 95.3 Å². The van der Waals surface area contributed by atoms with Crippen LogP contribution in [0.5, 0.6) is 0 Å². The summed E-state index contributed by atoms with van der Waals surface area (Å²) in [7, 11) is 0. The number of piperazine rings is 1. The molecule has 0 aromatic carbocycles. The number of rotatable bonds is 3. The lowest BCUT2D eigenvalue weighted by Gasteiger charge is -2.42. The molecule has 1 fully saturated rings. The van der Waals surface area contributed by atoms with Crippen LogP contribution in [0, 0.1) is 0 Å². The standard InChI is InChI=1S/C13H19BrN4O3/c1-13(2,12(15)16-20)18-7-5-17(6-8-18)11(19)9-3-4-10(14)21-9/h3-4,20H,5-8H2,1-2H3,(H2,15,16). The highest BCUT2D eigenvalue weighted by molar-refractivity contribution is 9.10. The molecule has 0 radical (unpaired) electrons. The molecule has 3 N–H and O–H groups in total. The Labute approximate surface area is 131 Å². The third-order valence-electron chi connectivity index (χ3n) is 3.88. The number of halogens is 1. The van der Waals surface area contributed by atoms with Crippen LogP contribution in [0.15, 0.2) is 26.4 Å². The van der Waals surface area contributed by atoms with E-state index in [0.717, 1.165) is 0 Å². The van der Waals surface area contributed by atoms with Crippen molar-refractivity contribution < 1.29 is 14.4 Å². The smallest absolute Gasteiger partial charge is 0.289 e. The van der Waals surface area contributed by atoms with Gasteiger partial charge >= 0.3 is 0 Å². The highest BCUT2D eigenvalue weighted by Crippen LogP contribution is 2.20. The summed E-state index contributed by atoms with van der Waals surface area (Å²) in [6, 6.07) is 3.35. The second kappa shape index (κ2) is 6.07. The number of hydrogen-bond acceptors (Lipinski definition) is 5. The first-order valence-corrected chi connectivity index (χ1v) is 7.43. The monoisotopic (exact) mass is 358 g/mol. The normalized spacial score (nSPS) is 18.0. The van der Waals surface area contributed by atoms with E-state index in [2.05, 4.69) is 26.0 Å². The minimum Gasteiger partial charge on any atom is -0.444 e. The quantitative estimate of drug-likeness (QED) is 0.367. The summed E-state index contributed by atoms with van der Waals surface area (Å²) in [4.78, 5) is 16.1. The summed E-state index contributed by atoms with van der Waals surface area (Å²) in [5.74, 6) is 0.366. The zero-order chi connectivity index (χ0) is 15.6. The van der Waals surface area contributed by atoms with Gasteiger partial charge in [-0.2, -0.15) is 0 Å². The molecule has 0 aliphatic carbocycles. The van der Waals surface area contributed by atoms with Gasteiger partial charge in [0.05, 0.1) is 5.54 Å². The zero-order valence-corrected chi connectivity index (χ0v) is 13.6. The SMILES string of the molecule is CC(C)(C(N)=NO)N1CCN(C(=O)c2ccc(Br)o2)CC1. The van der Waals surface area contributed by atoms with E-state index in [9.17, 15) is 4.79 Å². The van der Waals surface area contributed by atoms with Crippen LogP contribution in [0.3, 0.4) is 0 Å². The number of nitrogens with zero attached hydrogens (tertiary/aromatic N) is 3. The Morgan fingerprint density at radius 1 is 1.38 bits per heavy atom. The number of amidine groups is 1. The minimum absolute atomic E-state index is 0.123. The first kappa shape index (κ1) is 15.8. The van der Waals surface area contributed by atoms with Crippen LogP contribution >= 0.6 is 15.9 Å². The van der Waals surface area contributed by atoms with E-state index in [0.29, 0.717) is 36.6 Å². The zero-order valence-electron chi connectivity index (χ0n) is 12.0. The predicted molar refractivity (Wildman–Crippen MR) is 81.4 cm³/mol. The van der Waals surface area contributed by atoms with Crippen LogP contribution in [-0.2, 0) is 0 Å². The average molecular weight is 359 g/mol. The van der Waals surface area contributed by atoms with Gasteiger partial charge in [-0.25, -0.2) is 0 Å². The van der Waals surface area contributed by atoms with Crippen molar-refractivity contribution in [2.45, 2.75) is 19.4 Å². The fourth-order valence-electron chi connectivity index (χ4n) is 2.34. The molecule has 0 atom stereocenters. The summed E-state index contributed by atoms with van der Waals surface area (Å²) in [6.45, 7) is 6.22. The molecule has 1 amide bonds. The van der Waals surface area contributed by atoms with Crippen LogP contribution in [0.1, 0.15) is 24.4 Å². The molecule has 7 nitrogen and oxygen atoms in total. The van der Waals surface area contributed by atoms with Crippen LogP contribution in [-0.4, -0.2) is 58.5 Å². The van der Waals surface area contributed by atoms with Crippen LogP contribution < -0.4 is 5.73 Å². The Bertz CT molecular complexity index is 547. The summed E-state index contributed by atoms with van der Waals surface area (Å²) in [5, 5.41) is 11.9. The van der Waals surface area contributed by atoms with Gasteiger partial charge in [-0.1, -0.05) is 5.16 Å². The Kier molecular flexibility index (Phi) is 4.58. The van der Waals surface area contributed by atoms with E-state index in [1.165, 1.54) is 0 Å². The molecule has 1 saturated heterocycles. The van der Waals surface area contributed by atoms with Gasteiger partial charge in [0.1, 0.15) is 0 Å². The van der Waals surface area contributed by atoms with Gasteiger partial charge in [0.25, 0.3) is 5.91 Å². The van der Waals surface area contributed by atoms with Crippen LogP contribution in [0.2, 0.25) is 0 Å². The summed E-state index contributed by atoms with van der Waals surface area (Å²) >= 11 is 3.19. The molecule has 0 saturated carbocycles. The first-order chi connectivity index (χ1) is 9.86. The van der Waals surface area contributed by atoms with Crippen molar-refractivity contribution in [2.24, 2.45) is 10.9 Å². The van der Waals surface area contributed by atoms with Gasteiger partial charge in [-0.15, -0.1) is 0 Å². The minimum atomic E-state index is -0.544. The highest BCUT2D eigenvalue weighted by atomic mass is 79.9. The molecule has 0 unspecified atom stereocenters. The molecule has 2 rings (SSSR count). The summed E-state index contributed by atoms with van der Waals surface area (Å²) in [5.41, 5.74) is 5.18. The van der Waals surface area contributed by atoms with Crippen molar-refractivity contribution >= 4 is 27.7 Å². The molecule has 0 bridgehead atoms. The number of carbonyl (C=O) groups excluding carboxylic acids is 1. The van der Waals surface area contributed by atoms with Crippen molar-refractivity contribution in [3.63, 3.8) is 0 Å². The fraction of sp³-hybridized carbons (Fsp3) is 0.538. The van der Waals surface area contributed by atoms with Crippen molar-refractivity contribution in [3.05, 3.63) is 22.6 Å². The third-order valence-corrected chi connectivity index (χ3v) is 4.30. The Hall–Kier alpha value is -1.54. The molecule has 0 spiro atoms. The van der Waals surface area contributed by atoms with E-state index >= 15 is 0 Å². The van der Waals surface area contributed by atoms with E-state index < -0.39 is 5.54 Å². The van der Waals surface area contributed by atoms with Crippen molar-refractivity contribution in [3.8, 4) is 0 Å². The Balaban J connectivity index is 1.99. The number of furan rings is 1. The number of carbonyl (C=O) groups is 1. The Morgan fingerprint density at radius 3 is 2.48 bits per heavy atom. The maximum Gasteiger partial charge on any atom is 0.289 e. The summed E-state index contributed by atoms with van der Waals surface area (Å²) < 4.78 is 5.83. The van der Waals surface area contributed by atoms with Crippen molar-refractivity contribution in [2.75, 3.05) is 26.2 Å². The summed E-state index contributed by atoms with van der Waals surface area (Å²) in [6.07, 6.45) is 0. The number of hydrogen-bond donors (Lipinski definition) is 2. The van der Waals surface area contributed by atoms with Gasteiger partial charge < -0.3 is 20.3 Å². The van der Waals surface area contributed by atoms with Crippen molar-refractivity contribution in [1.29, 1.82) is 0 Å². The Morgan fingerprint density at radius 2 is 2.00 bits per heavy atom. The maximum atomic E-state index is 12.3. The second-order valence-corrected chi connectivity index (χ2v) is 6.21. The van der Waals surface area contributed by atoms with Gasteiger partial charge in [-0.05, 0) is 41.9 Å². The van der Waals surface area contributed by atoms with E-state index in [1.54, 1.807) is 17.0 Å². The number of oxime groups is 1. The molecule has 1 aliphatic heterocycles. The molecule has 21 heavy (non-hydrogen) atoms. The lowest BCUT2D eigenvalue weighted by Crippen LogP contribution is -2.60. The van der Waals surface area contributed by atoms with Crippen molar-refractivity contribution in [1.82, 2.24) is 9.80 Å². The lowest BCUT2D eigenvalue weighted by atomic mass is 10.00. The van der Waals surface area contributed by atoms with Gasteiger partial charge in [0, 0.05) is 26.2 Å².